The fraction of sp³-hybridized carbons (Fsp3) is 0.455. The van der Waals surface area contributed by atoms with E-state index in [9.17, 15) is 9.18 Å². The lowest BCUT2D eigenvalue weighted by Crippen LogP contribution is -2.31. The minimum atomic E-state index is -0.483. The number of carbonyl (C=O) groups excluding carboxylic acids is 1. The van der Waals surface area contributed by atoms with E-state index in [1.54, 1.807) is 10.9 Å². The lowest BCUT2D eigenvalue weighted by atomic mass is 10.1. The zero-order chi connectivity index (χ0) is 11.1. The number of hydrogen-bond acceptors (Lipinski definition) is 3. The zero-order valence-corrected chi connectivity index (χ0v) is 8.65. The van der Waals surface area contributed by atoms with Crippen molar-refractivity contribution in [2.24, 2.45) is 0 Å². The second-order valence-electron chi connectivity index (χ2n) is 4.11. The van der Waals surface area contributed by atoms with Gasteiger partial charge in [0.1, 0.15) is 5.69 Å². The van der Waals surface area contributed by atoms with Gasteiger partial charge in [0.05, 0.1) is 31.1 Å². The molecular formula is C11H11FN2O2. The minimum Gasteiger partial charge on any atom is -0.376 e. The minimum absolute atomic E-state index is 0.156. The van der Waals surface area contributed by atoms with E-state index in [0.29, 0.717) is 17.9 Å². The highest BCUT2D eigenvalue weighted by molar-refractivity contribution is 5.99. The maximum absolute atomic E-state index is 13.6. The molecule has 1 saturated heterocycles. The van der Waals surface area contributed by atoms with Crippen LogP contribution in [-0.4, -0.2) is 28.0 Å². The van der Waals surface area contributed by atoms with Crippen molar-refractivity contribution in [3.63, 3.8) is 0 Å². The molecule has 0 amide bonds. The van der Waals surface area contributed by atoms with Gasteiger partial charge in [0.15, 0.2) is 11.6 Å². The number of halogens is 1. The smallest absolute Gasteiger partial charge is 0.164 e. The third-order valence-electron chi connectivity index (χ3n) is 2.96. The Kier molecular flexibility index (Phi) is 2.14. The Hall–Kier alpha value is -1.49. The van der Waals surface area contributed by atoms with Crippen molar-refractivity contribution in [2.45, 2.75) is 25.5 Å². The maximum Gasteiger partial charge on any atom is 0.164 e. The number of ether oxygens (including phenoxy) is 1. The van der Waals surface area contributed by atoms with Crippen LogP contribution in [-0.2, 0) is 22.5 Å². The first-order valence-corrected chi connectivity index (χ1v) is 5.30. The highest BCUT2D eigenvalue weighted by Crippen LogP contribution is 2.26. The molecule has 1 atom stereocenters. The molecule has 0 N–H and O–H groups in total. The van der Waals surface area contributed by atoms with Gasteiger partial charge in [-0.3, -0.25) is 4.79 Å². The lowest BCUT2D eigenvalue weighted by molar-refractivity contribution is -0.114. The van der Waals surface area contributed by atoms with Crippen molar-refractivity contribution in [3.05, 3.63) is 23.8 Å². The quantitative estimate of drug-likeness (QED) is 0.752. The predicted molar refractivity (Wildman–Crippen MR) is 54.4 cm³/mol. The van der Waals surface area contributed by atoms with Gasteiger partial charge in [0, 0.05) is 12.7 Å². The topological polar surface area (TPSA) is 44.1 Å². The fourth-order valence-electron chi connectivity index (χ4n) is 2.04. The Morgan fingerprint density at radius 3 is 3.12 bits per heavy atom. The van der Waals surface area contributed by atoms with Gasteiger partial charge in [-0.05, 0) is 6.42 Å². The lowest BCUT2D eigenvalue weighted by Gasteiger charge is -2.27. The largest absolute Gasteiger partial charge is 0.376 e. The van der Waals surface area contributed by atoms with Gasteiger partial charge in [-0.15, -0.1) is 0 Å². The molecule has 1 aromatic heterocycles. The molecule has 0 aromatic carbocycles. The van der Waals surface area contributed by atoms with Crippen LogP contribution in [0.25, 0.3) is 5.83 Å². The van der Waals surface area contributed by atoms with E-state index in [2.05, 4.69) is 4.98 Å². The van der Waals surface area contributed by atoms with Crippen molar-refractivity contribution < 1.29 is 13.9 Å². The molecule has 0 bridgehead atoms. The van der Waals surface area contributed by atoms with Crippen LogP contribution in [0.3, 0.4) is 0 Å². The van der Waals surface area contributed by atoms with E-state index in [4.69, 9.17) is 4.74 Å². The number of nitrogens with zero attached hydrogens (tertiary/aromatic N) is 2. The average molecular weight is 222 g/mol. The second-order valence-corrected chi connectivity index (χ2v) is 4.11. The summed E-state index contributed by atoms with van der Waals surface area (Å²) in [6.45, 7) is 1.39. The Bertz CT molecular complexity index is 474. The summed E-state index contributed by atoms with van der Waals surface area (Å²) in [5, 5.41) is 0. The van der Waals surface area contributed by atoms with Crippen LogP contribution in [0.5, 0.6) is 0 Å². The summed E-state index contributed by atoms with van der Waals surface area (Å²) >= 11 is 0. The fourth-order valence-corrected chi connectivity index (χ4v) is 2.04. The Balaban J connectivity index is 1.92. The molecule has 0 spiro atoms. The molecule has 2 aliphatic rings. The molecule has 84 valence electrons. The number of rotatable bonds is 2. The van der Waals surface area contributed by atoms with E-state index in [1.807, 2.05) is 0 Å². The number of aromatic nitrogens is 2. The Labute approximate surface area is 91.7 Å². The van der Waals surface area contributed by atoms with Gasteiger partial charge in [0.2, 0.25) is 0 Å². The number of allylic oxidation sites excluding steroid dienone is 1. The zero-order valence-electron chi connectivity index (χ0n) is 8.65. The summed E-state index contributed by atoms with van der Waals surface area (Å²) < 4.78 is 20.7. The van der Waals surface area contributed by atoms with Gasteiger partial charge in [0.25, 0.3) is 0 Å². The third-order valence-corrected chi connectivity index (χ3v) is 2.96. The SMILES string of the molecule is O=C1C=C(F)c2c(ncn2C[C@@H]2CCO2)C1. The van der Waals surface area contributed by atoms with E-state index in [-0.39, 0.29) is 18.3 Å². The van der Waals surface area contributed by atoms with Crippen molar-refractivity contribution in [1.82, 2.24) is 9.55 Å². The van der Waals surface area contributed by atoms with Gasteiger partial charge < -0.3 is 9.30 Å². The third kappa shape index (κ3) is 1.48. The van der Waals surface area contributed by atoms with Gasteiger partial charge in [-0.25, -0.2) is 9.37 Å². The normalized spacial score (nSPS) is 23.7. The standard InChI is InChI=1S/C11H11FN2O2/c12-9-3-7(15)4-10-11(9)14(6-13-10)5-8-1-2-16-8/h3,6,8H,1-2,4-5H2/t8-/m0/s1. The van der Waals surface area contributed by atoms with Crippen molar-refractivity contribution in [1.29, 1.82) is 0 Å². The molecule has 1 aliphatic carbocycles. The summed E-state index contributed by atoms with van der Waals surface area (Å²) in [5.74, 6) is -0.710. The van der Waals surface area contributed by atoms with Gasteiger partial charge in [-0.2, -0.15) is 0 Å². The van der Waals surface area contributed by atoms with Crippen LogP contribution < -0.4 is 0 Å². The number of ketones is 1. The molecule has 3 rings (SSSR count). The molecule has 4 nitrogen and oxygen atoms in total. The first kappa shape index (κ1) is 9.72. The highest BCUT2D eigenvalue weighted by atomic mass is 19.1. The number of imidazole rings is 1. The van der Waals surface area contributed by atoms with E-state index < -0.39 is 5.83 Å². The molecule has 0 radical (unpaired) electrons. The summed E-state index contributed by atoms with van der Waals surface area (Å²) in [6.07, 6.45) is 3.97. The van der Waals surface area contributed by atoms with Crippen LogP contribution in [0, 0.1) is 0 Å². The Morgan fingerprint density at radius 1 is 1.62 bits per heavy atom. The number of carbonyl (C=O) groups is 1. The summed E-state index contributed by atoms with van der Waals surface area (Å²) in [5.41, 5.74) is 0.972. The molecule has 2 heterocycles. The molecule has 1 fully saturated rings. The molecular weight excluding hydrogens is 211 g/mol. The second kappa shape index (κ2) is 3.52. The first-order chi connectivity index (χ1) is 7.74. The average Bonchev–Trinajstić information content (AvgIpc) is 2.54. The van der Waals surface area contributed by atoms with Crippen LogP contribution in [0.1, 0.15) is 17.8 Å². The molecule has 5 heteroatoms. The van der Waals surface area contributed by atoms with Gasteiger partial charge in [-0.1, -0.05) is 0 Å². The predicted octanol–water partition coefficient (Wildman–Crippen LogP) is 1.11. The van der Waals surface area contributed by atoms with Crippen molar-refractivity contribution in [2.75, 3.05) is 6.61 Å². The van der Waals surface area contributed by atoms with Crippen LogP contribution >= 0.6 is 0 Å². The maximum atomic E-state index is 13.6. The number of hydrogen-bond donors (Lipinski definition) is 0. The van der Waals surface area contributed by atoms with Crippen LogP contribution in [0.2, 0.25) is 0 Å². The van der Waals surface area contributed by atoms with E-state index in [0.717, 1.165) is 19.1 Å². The molecule has 1 aromatic rings. The van der Waals surface area contributed by atoms with E-state index >= 15 is 0 Å². The van der Waals surface area contributed by atoms with E-state index in [1.165, 1.54) is 0 Å². The summed E-state index contributed by atoms with van der Waals surface area (Å²) in [4.78, 5) is 15.2. The van der Waals surface area contributed by atoms with Gasteiger partial charge >= 0.3 is 0 Å². The van der Waals surface area contributed by atoms with Crippen molar-refractivity contribution in [3.8, 4) is 0 Å². The molecule has 0 unspecified atom stereocenters. The summed E-state index contributed by atoms with van der Waals surface area (Å²) in [6, 6.07) is 0. The molecule has 16 heavy (non-hydrogen) atoms. The monoisotopic (exact) mass is 222 g/mol. The number of fused-ring (bicyclic) bond motifs is 1. The first-order valence-electron chi connectivity index (χ1n) is 5.30. The van der Waals surface area contributed by atoms with Crippen LogP contribution in [0.15, 0.2) is 12.4 Å². The van der Waals surface area contributed by atoms with Crippen molar-refractivity contribution >= 4 is 11.6 Å². The highest BCUT2D eigenvalue weighted by Gasteiger charge is 2.26. The molecule has 0 saturated carbocycles. The van der Waals surface area contributed by atoms with Crippen LogP contribution in [0.4, 0.5) is 4.39 Å². The summed E-state index contributed by atoms with van der Waals surface area (Å²) in [7, 11) is 0. The molecule has 1 aliphatic heterocycles. The Morgan fingerprint density at radius 2 is 2.44 bits per heavy atom.